The molecule has 3 atom stereocenters. The molecule has 1 amide bonds. The summed E-state index contributed by atoms with van der Waals surface area (Å²) in [6.45, 7) is 0. The molecule has 186 valence electrons. The van der Waals surface area contributed by atoms with Crippen LogP contribution < -0.4 is 10.5 Å². The van der Waals surface area contributed by atoms with E-state index in [9.17, 15) is 34.8 Å². The SMILES string of the molecule is COc1ccc(Cl)cc1-c1ccc(O)c2c1CC1CC3CC(=O)C(C(N)=O)=C(O)C3(O)C(=O)C1=C2O. The number of aromatic hydroxyl groups is 1. The first kappa shape index (κ1) is 23.9. The van der Waals surface area contributed by atoms with Crippen LogP contribution >= 0.6 is 11.6 Å². The summed E-state index contributed by atoms with van der Waals surface area (Å²) in [5.41, 5.74) is 3.34. The summed E-state index contributed by atoms with van der Waals surface area (Å²) in [6, 6.07) is 8.04. The van der Waals surface area contributed by atoms with Gasteiger partial charge in [-0.05, 0) is 54.2 Å². The summed E-state index contributed by atoms with van der Waals surface area (Å²) >= 11 is 6.22. The molecular formula is C26H22ClNO8. The van der Waals surface area contributed by atoms with Crippen LogP contribution in [0.15, 0.2) is 47.2 Å². The van der Waals surface area contributed by atoms with Crippen molar-refractivity contribution in [2.24, 2.45) is 17.6 Å². The largest absolute Gasteiger partial charge is 0.508 e. The number of benzene rings is 2. The molecule has 5 rings (SSSR count). The van der Waals surface area contributed by atoms with Crippen LogP contribution in [0.3, 0.4) is 0 Å². The Morgan fingerprint density at radius 3 is 2.50 bits per heavy atom. The number of hydrogen-bond acceptors (Lipinski definition) is 8. The predicted molar refractivity (Wildman–Crippen MR) is 128 cm³/mol. The first-order chi connectivity index (χ1) is 17.0. The molecule has 3 unspecified atom stereocenters. The van der Waals surface area contributed by atoms with Crippen molar-refractivity contribution in [1.82, 2.24) is 0 Å². The van der Waals surface area contributed by atoms with Gasteiger partial charge in [0.1, 0.15) is 28.6 Å². The maximum Gasteiger partial charge on any atom is 0.255 e. The van der Waals surface area contributed by atoms with Crippen molar-refractivity contribution in [3.8, 4) is 22.6 Å². The fraction of sp³-hybridized carbons (Fsp3) is 0.269. The van der Waals surface area contributed by atoms with Crippen molar-refractivity contribution < 1.29 is 39.5 Å². The van der Waals surface area contributed by atoms with E-state index in [4.69, 9.17) is 22.1 Å². The number of halogens is 1. The van der Waals surface area contributed by atoms with Crippen LogP contribution in [-0.2, 0) is 20.8 Å². The number of aliphatic hydroxyl groups excluding tert-OH is 2. The zero-order chi connectivity index (χ0) is 26.1. The molecule has 0 saturated heterocycles. The highest BCUT2D eigenvalue weighted by atomic mass is 35.5. The molecule has 1 fully saturated rings. The van der Waals surface area contributed by atoms with Crippen LogP contribution in [0, 0.1) is 11.8 Å². The number of aliphatic hydroxyl groups is 3. The molecule has 3 aliphatic rings. The highest BCUT2D eigenvalue weighted by molar-refractivity contribution is 6.31. The van der Waals surface area contributed by atoms with Gasteiger partial charge in [-0.25, -0.2) is 0 Å². The van der Waals surface area contributed by atoms with E-state index in [-0.39, 0.29) is 36.1 Å². The monoisotopic (exact) mass is 511 g/mol. The Balaban J connectivity index is 1.73. The van der Waals surface area contributed by atoms with Gasteiger partial charge in [-0.1, -0.05) is 17.7 Å². The molecule has 0 heterocycles. The van der Waals surface area contributed by atoms with Gasteiger partial charge in [0, 0.05) is 28.5 Å². The average molecular weight is 512 g/mol. The van der Waals surface area contributed by atoms with Gasteiger partial charge in [0.15, 0.2) is 11.4 Å². The Hall–Kier alpha value is -3.82. The van der Waals surface area contributed by atoms with Gasteiger partial charge >= 0.3 is 0 Å². The number of ketones is 2. The molecule has 1 saturated carbocycles. The van der Waals surface area contributed by atoms with Crippen LogP contribution in [0.1, 0.15) is 24.0 Å². The number of carbonyl (C=O) groups excluding carboxylic acids is 3. The quantitative estimate of drug-likeness (QED) is 0.392. The third kappa shape index (κ3) is 3.16. The molecule has 9 nitrogen and oxygen atoms in total. The lowest BCUT2D eigenvalue weighted by atomic mass is 9.59. The first-order valence-corrected chi connectivity index (χ1v) is 11.5. The molecule has 0 aromatic heterocycles. The number of phenols is 1. The normalized spacial score (nSPS) is 25.3. The number of primary amides is 1. The second-order valence-electron chi connectivity index (χ2n) is 9.24. The smallest absolute Gasteiger partial charge is 0.255 e. The van der Waals surface area contributed by atoms with Gasteiger partial charge in [0.2, 0.25) is 5.78 Å². The molecule has 2 aromatic carbocycles. The lowest BCUT2D eigenvalue weighted by Gasteiger charge is -2.46. The predicted octanol–water partition coefficient (Wildman–Crippen LogP) is 2.75. The molecule has 3 aliphatic carbocycles. The Bertz CT molecular complexity index is 1440. The number of ether oxygens (including phenoxy) is 1. The minimum Gasteiger partial charge on any atom is -0.508 e. The molecule has 0 radical (unpaired) electrons. The summed E-state index contributed by atoms with van der Waals surface area (Å²) in [5, 5.41) is 44.3. The second-order valence-corrected chi connectivity index (χ2v) is 9.67. The highest BCUT2D eigenvalue weighted by Gasteiger charge is 2.60. The maximum atomic E-state index is 13.6. The molecular weight excluding hydrogens is 490 g/mol. The number of Topliss-reactive ketones (excluding diaryl/α,β-unsaturated/α-hetero) is 2. The molecule has 6 N–H and O–H groups in total. The van der Waals surface area contributed by atoms with E-state index in [0.29, 0.717) is 27.5 Å². The third-order valence-electron chi connectivity index (χ3n) is 7.40. The van der Waals surface area contributed by atoms with Crippen LogP contribution in [0.2, 0.25) is 5.02 Å². The minimum atomic E-state index is -2.60. The Labute approximate surface area is 210 Å². The highest BCUT2D eigenvalue weighted by Crippen LogP contribution is 2.53. The average Bonchev–Trinajstić information content (AvgIpc) is 2.81. The Kier molecular flexibility index (Phi) is 5.38. The summed E-state index contributed by atoms with van der Waals surface area (Å²) in [4.78, 5) is 37.8. The zero-order valence-corrected chi connectivity index (χ0v) is 19.8. The molecule has 2 aromatic rings. The summed E-state index contributed by atoms with van der Waals surface area (Å²) < 4.78 is 5.47. The number of methoxy groups -OCH3 is 1. The standard InChI is InChI=1S/C26H22ClNO8/c1-36-18-5-2-12(27)9-14(18)13-3-4-16(29)20-15(13)7-10-6-11-8-17(30)21(25(28)34)24(33)26(11,35)23(32)19(10)22(20)31/h2-5,9-11,29,31,33,35H,6-8H2,1H3,(H2,28,34). The van der Waals surface area contributed by atoms with Gasteiger partial charge < -0.3 is 30.9 Å². The van der Waals surface area contributed by atoms with Crippen LogP contribution in [0.5, 0.6) is 11.5 Å². The van der Waals surface area contributed by atoms with Gasteiger partial charge in [-0.15, -0.1) is 0 Å². The van der Waals surface area contributed by atoms with Gasteiger partial charge in [-0.2, -0.15) is 0 Å². The lowest BCUT2D eigenvalue weighted by Crippen LogP contribution is -2.58. The number of nitrogens with two attached hydrogens (primary N) is 1. The topological polar surface area (TPSA) is 167 Å². The Morgan fingerprint density at radius 1 is 1.11 bits per heavy atom. The number of carbonyl (C=O) groups is 3. The summed E-state index contributed by atoms with van der Waals surface area (Å²) in [7, 11) is 1.50. The van der Waals surface area contributed by atoms with Crippen molar-refractivity contribution in [2.45, 2.75) is 24.9 Å². The number of hydrogen-bond donors (Lipinski definition) is 5. The Morgan fingerprint density at radius 2 is 1.83 bits per heavy atom. The number of amides is 1. The maximum absolute atomic E-state index is 13.6. The minimum absolute atomic E-state index is 0.00154. The van der Waals surface area contributed by atoms with Crippen molar-refractivity contribution in [1.29, 1.82) is 0 Å². The van der Waals surface area contributed by atoms with Crippen molar-refractivity contribution in [3.63, 3.8) is 0 Å². The van der Waals surface area contributed by atoms with E-state index in [0.717, 1.165) is 0 Å². The zero-order valence-electron chi connectivity index (χ0n) is 19.0. The second kappa shape index (κ2) is 8.11. The number of fused-ring (bicyclic) bond motifs is 3. The fourth-order valence-corrected chi connectivity index (χ4v) is 5.94. The van der Waals surface area contributed by atoms with Crippen molar-refractivity contribution in [3.05, 3.63) is 63.4 Å². The van der Waals surface area contributed by atoms with Crippen LogP contribution in [0.4, 0.5) is 0 Å². The van der Waals surface area contributed by atoms with E-state index in [2.05, 4.69) is 0 Å². The fourth-order valence-electron chi connectivity index (χ4n) is 5.76. The van der Waals surface area contributed by atoms with Crippen molar-refractivity contribution >= 4 is 34.8 Å². The number of rotatable bonds is 3. The van der Waals surface area contributed by atoms with E-state index in [1.54, 1.807) is 24.3 Å². The van der Waals surface area contributed by atoms with Gasteiger partial charge in [0.25, 0.3) is 5.91 Å². The summed E-state index contributed by atoms with van der Waals surface area (Å²) in [5.74, 6) is -6.19. The van der Waals surface area contributed by atoms with E-state index >= 15 is 0 Å². The van der Waals surface area contributed by atoms with Crippen LogP contribution in [-0.4, -0.2) is 50.6 Å². The third-order valence-corrected chi connectivity index (χ3v) is 7.63. The number of phenolic OH excluding ortho intramolecular Hbond substituents is 1. The lowest BCUT2D eigenvalue weighted by molar-refractivity contribution is -0.147. The molecule has 0 aliphatic heterocycles. The van der Waals surface area contributed by atoms with Crippen LogP contribution in [0.25, 0.3) is 16.9 Å². The van der Waals surface area contributed by atoms with Gasteiger partial charge in [0.05, 0.1) is 12.7 Å². The van der Waals surface area contributed by atoms with Gasteiger partial charge in [-0.3, -0.25) is 14.4 Å². The summed E-state index contributed by atoms with van der Waals surface area (Å²) in [6.07, 6.45) is -0.157. The molecule has 36 heavy (non-hydrogen) atoms. The van der Waals surface area contributed by atoms with E-state index in [1.165, 1.54) is 13.2 Å². The first-order valence-electron chi connectivity index (χ1n) is 11.2. The molecule has 0 bridgehead atoms. The molecule has 0 spiro atoms. The molecule has 10 heteroatoms. The van der Waals surface area contributed by atoms with E-state index in [1.807, 2.05) is 0 Å². The van der Waals surface area contributed by atoms with Crippen molar-refractivity contribution in [2.75, 3.05) is 7.11 Å². The van der Waals surface area contributed by atoms with E-state index < -0.39 is 52.0 Å².